The summed E-state index contributed by atoms with van der Waals surface area (Å²) in [7, 11) is 0. The summed E-state index contributed by atoms with van der Waals surface area (Å²) in [5.41, 5.74) is 4.94. The summed E-state index contributed by atoms with van der Waals surface area (Å²) >= 11 is 0. The lowest BCUT2D eigenvalue weighted by Crippen LogP contribution is -2.40. The first-order chi connectivity index (χ1) is 14.9. The minimum atomic E-state index is -0.956. The Hall–Kier alpha value is -2.69. The van der Waals surface area contributed by atoms with Gasteiger partial charge in [-0.2, -0.15) is 0 Å². The molecule has 0 amide bonds. The Morgan fingerprint density at radius 1 is 1.29 bits per heavy atom. The molecule has 1 saturated carbocycles. The SMILES string of the molecule is CC(Oc1ccc2c(c1)CCC1C2CCC2(C)C(c3cncc(F)c3)=CCC12)C(=O)O. The fourth-order valence-electron chi connectivity index (χ4n) is 6.46. The van der Waals surface area contributed by atoms with E-state index in [-0.39, 0.29) is 11.2 Å². The van der Waals surface area contributed by atoms with Crippen LogP contribution in [0.2, 0.25) is 0 Å². The fraction of sp³-hybridized carbons (Fsp3) is 0.462. The number of hydrogen-bond donors (Lipinski definition) is 1. The van der Waals surface area contributed by atoms with E-state index in [2.05, 4.69) is 24.1 Å². The van der Waals surface area contributed by atoms with Crippen LogP contribution in [0.25, 0.3) is 5.57 Å². The molecule has 31 heavy (non-hydrogen) atoms. The monoisotopic (exact) mass is 421 g/mol. The van der Waals surface area contributed by atoms with Crippen molar-refractivity contribution in [3.05, 3.63) is 65.2 Å². The molecule has 1 aromatic carbocycles. The quantitative estimate of drug-likeness (QED) is 0.696. The molecular weight excluding hydrogens is 393 g/mol. The summed E-state index contributed by atoms with van der Waals surface area (Å²) in [6.07, 6.45) is 9.86. The smallest absolute Gasteiger partial charge is 0.344 e. The molecule has 5 unspecified atom stereocenters. The van der Waals surface area contributed by atoms with E-state index < -0.39 is 12.1 Å². The number of aromatic nitrogens is 1. The van der Waals surface area contributed by atoms with Gasteiger partial charge in [0.25, 0.3) is 0 Å². The van der Waals surface area contributed by atoms with Gasteiger partial charge in [0.05, 0.1) is 6.20 Å². The number of allylic oxidation sites excluding steroid dienone is 2. The molecule has 0 bridgehead atoms. The highest BCUT2D eigenvalue weighted by Gasteiger charge is 2.52. The van der Waals surface area contributed by atoms with E-state index in [1.807, 2.05) is 12.1 Å². The Bertz CT molecular complexity index is 1060. The van der Waals surface area contributed by atoms with Gasteiger partial charge in [-0.05, 0) is 103 Å². The second-order valence-electron chi connectivity index (χ2n) is 9.58. The zero-order valence-corrected chi connectivity index (χ0v) is 18.0. The Labute approximate surface area is 182 Å². The molecule has 1 N–H and O–H groups in total. The first kappa shape index (κ1) is 20.2. The lowest BCUT2D eigenvalue weighted by atomic mass is 9.54. The predicted octanol–water partition coefficient (Wildman–Crippen LogP) is 5.62. The van der Waals surface area contributed by atoms with Crippen LogP contribution in [0.1, 0.15) is 62.1 Å². The maximum atomic E-state index is 13.8. The Balaban J connectivity index is 1.39. The highest BCUT2D eigenvalue weighted by Crippen LogP contribution is 2.63. The summed E-state index contributed by atoms with van der Waals surface area (Å²) < 4.78 is 19.4. The zero-order valence-electron chi connectivity index (χ0n) is 18.0. The van der Waals surface area contributed by atoms with Gasteiger partial charge in [0.1, 0.15) is 11.6 Å². The number of aryl methyl sites for hydroxylation is 1. The van der Waals surface area contributed by atoms with E-state index in [4.69, 9.17) is 9.84 Å². The largest absolute Gasteiger partial charge is 0.479 e. The van der Waals surface area contributed by atoms with Crippen molar-refractivity contribution in [2.45, 2.75) is 58.0 Å². The molecule has 0 spiro atoms. The van der Waals surface area contributed by atoms with Crippen LogP contribution in [0.5, 0.6) is 5.75 Å². The topological polar surface area (TPSA) is 59.4 Å². The highest BCUT2D eigenvalue weighted by atomic mass is 19.1. The van der Waals surface area contributed by atoms with E-state index in [1.54, 1.807) is 19.2 Å². The first-order valence-corrected chi connectivity index (χ1v) is 11.2. The van der Waals surface area contributed by atoms with Crippen LogP contribution in [0.3, 0.4) is 0 Å². The Kier molecular flexibility index (Phi) is 4.87. The minimum absolute atomic E-state index is 0.0636. The van der Waals surface area contributed by atoms with Gasteiger partial charge in [-0.15, -0.1) is 0 Å². The maximum absolute atomic E-state index is 13.8. The summed E-state index contributed by atoms with van der Waals surface area (Å²) in [6, 6.07) is 7.73. The summed E-state index contributed by atoms with van der Waals surface area (Å²) in [5, 5.41) is 9.11. The molecule has 5 rings (SSSR count). The molecule has 1 fully saturated rings. The molecule has 1 heterocycles. The summed E-state index contributed by atoms with van der Waals surface area (Å²) in [4.78, 5) is 15.2. The summed E-state index contributed by atoms with van der Waals surface area (Å²) in [6.45, 7) is 3.91. The fourth-order valence-corrected chi connectivity index (χ4v) is 6.46. The van der Waals surface area contributed by atoms with Crippen molar-refractivity contribution in [3.63, 3.8) is 0 Å². The van der Waals surface area contributed by atoms with E-state index in [1.165, 1.54) is 22.9 Å². The molecule has 5 atom stereocenters. The van der Waals surface area contributed by atoms with Crippen LogP contribution >= 0.6 is 0 Å². The second kappa shape index (κ2) is 7.47. The van der Waals surface area contributed by atoms with Crippen molar-refractivity contribution >= 4 is 11.5 Å². The number of pyridine rings is 1. The van der Waals surface area contributed by atoms with Crippen LogP contribution in [-0.2, 0) is 11.2 Å². The number of hydrogen-bond acceptors (Lipinski definition) is 3. The van der Waals surface area contributed by atoms with Crippen LogP contribution in [0.15, 0.2) is 42.7 Å². The molecule has 3 aliphatic rings. The van der Waals surface area contributed by atoms with Gasteiger partial charge in [-0.3, -0.25) is 4.98 Å². The number of ether oxygens (including phenoxy) is 1. The van der Waals surface area contributed by atoms with Gasteiger partial charge in [0.15, 0.2) is 6.10 Å². The van der Waals surface area contributed by atoms with Crippen LogP contribution in [0, 0.1) is 23.1 Å². The number of nitrogens with zero attached hydrogens (tertiary/aromatic N) is 1. The number of halogens is 1. The normalized spacial score (nSPS) is 29.9. The molecule has 3 aliphatic carbocycles. The van der Waals surface area contributed by atoms with Crippen LogP contribution in [-0.4, -0.2) is 22.2 Å². The molecule has 162 valence electrons. The van der Waals surface area contributed by atoms with Crippen molar-refractivity contribution in [3.8, 4) is 5.75 Å². The molecule has 0 saturated heterocycles. The van der Waals surface area contributed by atoms with Gasteiger partial charge in [-0.25, -0.2) is 9.18 Å². The number of carboxylic acid groups (broad SMARTS) is 1. The third-order valence-corrected chi connectivity index (χ3v) is 7.96. The highest BCUT2D eigenvalue weighted by molar-refractivity contribution is 5.73. The molecule has 0 radical (unpaired) electrons. The molecule has 4 nitrogen and oxygen atoms in total. The number of carbonyl (C=O) groups is 1. The van der Waals surface area contributed by atoms with Gasteiger partial charge in [0, 0.05) is 6.20 Å². The Morgan fingerprint density at radius 3 is 2.90 bits per heavy atom. The number of carboxylic acids is 1. The lowest BCUT2D eigenvalue weighted by molar-refractivity contribution is -0.144. The third kappa shape index (κ3) is 3.35. The third-order valence-electron chi connectivity index (χ3n) is 7.96. The van der Waals surface area contributed by atoms with Crippen LogP contribution < -0.4 is 4.74 Å². The van der Waals surface area contributed by atoms with Gasteiger partial charge >= 0.3 is 5.97 Å². The van der Waals surface area contributed by atoms with Gasteiger partial charge in [-0.1, -0.05) is 19.1 Å². The average molecular weight is 422 g/mol. The van der Waals surface area contributed by atoms with E-state index in [9.17, 15) is 9.18 Å². The lowest BCUT2D eigenvalue weighted by Gasteiger charge is -2.50. The van der Waals surface area contributed by atoms with Gasteiger partial charge in [0.2, 0.25) is 0 Å². The standard InChI is InChI=1S/C26H28FNO3/c1-15(25(29)30)31-19-4-6-20-16(12-19)3-5-22-21(20)9-10-26(2)23(7-8-24(22)26)17-11-18(27)14-28-13-17/h4,6-7,11-15,21-22,24H,3,5,8-10H2,1-2H3,(H,29,30). The summed E-state index contributed by atoms with van der Waals surface area (Å²) in [5.74, 6) is 1.08. The van der Waals surface area contributed by atoms with E-state index in [0.29, 0.717) is 23.5 Å². The zero-order chi connectivity index (χ0) is 21.8. The molecule has 0 aliphatic heterocycles. The Morgan fingerprint density at radius 2 is 2.13 bits per heavy atom. The molecule has 2 aromatic rings. The predicted molar refractivity (Wildman–Crippen MR) is 116 cm³/mol. The number of benzene rings is 1. The average Bonchev–Trinajstić information content (AvgIpc) is 3.10. The first-order valence-electron chi connectivity index (χ1n) is 11.2. The van der Waals surface area contributed by atoms with Crippen molar-refractivity contribution in [1.82, 2.24) is 4.98 Å². The molecular formula is C26H28FNO3. The van der Waals surface area contributed by atoms with Crippen molar-refractivity contribution in [1.29, 1.82) is 0 Å². The van der Waals surface area contributed by atoms with E-state index >= 15 is 0 Å². The molecule has 5 heteroatoms. The number of aliphatic carboxylic acids is 1. The van der Waals surface area contributed by atoms with Crippen molar-refractivity contribution in [2.75, 3.05) is 0 Å². The van der Waals surface area contributed by atoms with E-state index in [0.717, 1.165) is 37.7 Å². The minimum Gasteiger partial charge on any atom is -0.479 e. The number of rotatable bonds is 4. The van der Waals surface area contributed by atoms with Crippen molar-refractivity contribution < 1.29 is 19.0 Å². The van der Waals surface area contributed by atoms with Gasteiger partial charge < -0.3 is 9.84 Å². The van der Waals surface area contributed by atoms with Crippen molar-refractivity contribution in [2.24, 2.45) is 17.3 Å². The maximum Gasteiger partial charge on any atom is 0.344 e. The second-order valence-corrected chi connectivity index (χ2v) is 9.58. The molecule has 1 aromatic heterocycles. The van der Waals surface area contributed by atoms with Crippen LogP contribution in [0.4, 0.5) is 4.39 Å². The number of fused-ring (bicyclic) bond motifs is 5.